The van der Waals surface area contributed by atoms with Gasteiger partial charge in [-0.25, -0.2) is 4.79 Å². The van der Waals surface area contributed by atoms with E-state index in [0.717, 1.165) is 12.8 Å². The minimum absolute atomic E-state index is 0.0825. The normalized spacial score (nSPS) is 30.2. The highest BCUT2D eigenvalue weighted by Gasteiger charge is 2.30. The van der Waals surface area contributed by atoms with Crippen LogP contribution in [0.5, 0.6) is 0 Å². The predicted octanol–water partition coefficient (Wildman–Crippen LogP) is 1.49. The van der Waals surface area contributed by atoms with Crippen molar-refractivity contribution < 1.29 is 9.53 Å². The molecule has 4 heteroatoms. The van der Waals surface area contributed by atoms with Gasteiger partial charge >= 0.3 is 6.09 Å². The van der Waals surface area contributed by atoms with Crippen LogP contribution in [0, 0.1) is 5.92 Å². The molecule has 3 N–H and O–H groups in total. The number of alkyl carbamates (subject to hydrolysis) is 1. The van der Waals surface area contributed by atoms with Gasteiger partial charge < -0.3 is 15.8 Å². The largest absolute Gasteiger partial charge is 0.453 e. The first-order valence-corrected chi connectivity index (χ1v) is 5.23. The molecule has 1 fully saturated rings. The second-order valence-electron chi connectivity index (χ2n) is 3.48. The van der Waals surface area contributed by atoms with Gasteiger partial charge in [-0.15, -0.1) is 0 Å². The Hall–Kier alpha value is -0.770. The van der Waals surface area contributed by atoms with E-state index in [4.69, 9.17) is 5.73 Å². The second kappa shape index (κ2) is 6.65. The van der Waals surface area contributed by atoms with Crippen LogP contribution in [0.4, 0.5) is 4.79 Å². The van der Waals surface area contributed by atoms with E-state index in [1.54, 1.807) is 0 Å². The van der Waals surface area contributed by atoms with Crippen molar-refractivity contribution in [2.45, 2.75) is 45.7 Å². The summed E-state index contributed by atoms with van der Waals surface area (Å²) in [6, 6.07) is 0.173. The summed E-state index contributed by atoms with van der Waals surface area (Å²) in [6.07, 6.45) is 1.55. The summed E-state index contributed by atoms with van der Waals surface area (Å²) >= 11 is 0. The highest BCUT2D eigenvalue weighted by molar-refractivity contribution is 5.67. The summed E-state index contributed by atoms with van der Waals surface area (Å²) in [4.78, 5) is 10.8. The summed E-state index contributed by atoms with van der Waals surface area (Å²) in [5.74, 6) is 0.599. The molecule has 1 aliphatic carbocycles. The Morgan fingerprint density at radius 3 is 2.36 bits per heavy atom. The molecule has 0 spiro atoms. The van der Waals surface area contributed by atoms with E-state index >= 15 is 0 Å². The van der Waals surface area contributed by atoms with Crippen molar-refractivity contribution in [3.8, 4) is 0 Å². The Kier molecular flexibility index (Phi) is 6.28. The molecule has 1 saturated carbocycles. The lowest BCUT2D eigenvalue weighted by Crippen LogP contribution is -2.43. The molecule has 0 radical (unpaired) electrons. The van der Waals surface area contributed by atoms with E-state index in [-0.39, 0.29) is 18.2 Å². The fraction of sp³-hybridized carbons (Fsp3) is 0.900. The number of hydrogen-bond acceptors (Lipinski definition) is 3. The van der Waals surface area contributed by atoms with Crippen LogP contribution in [0.25, 0.3) is 0 Å². The number of nitrogens with one attached hydrogen (secondary N) is 1. The molecule has 1 amide bonds. The molecule has 0 aromatic rings. The standard InChI is InChI=1S/C8H16N2O2.C2H6/c1-5-3-6(9)7(4-5)10-8(11)12-2;1-2/h5-7H,3-4,9H2,1-2H3,(H,10,11);1-2H3. The van der Waals surface area contributed by atoms with Crippen molar-refractivity contribution >= 4 is 6.09 Å². The third-order valence-corrected chi connectivity index (χ3v) is 2.34. The molecule has 14 heavy (non-hydrogen) atoms. The number of carbonyl (C=O) groups is 1. The van der Waals surface area contributed by atoms with Crippen LogP contribution in [0.2, 0.25) is 0 Å². The summed E-state index contributed by atoms with van der Waals surface area (Å²) in [5.41, 5.74) is 5.80. The Bertz CT molecular complexity index is 174. The molecule has 84 valence electrons. The first-order valence-electron chi connectivity index (χ1n) is 5.23. The number of ether oxygens (including phenoxy) is 1. The summed E-state index contributed by atoms with van der Waals surface area (Å²) in [6.45, 7) is 6.14. The third kappa shape index (κ3) is 3.96. The van der Waals surface area contributed by atoms with Gasteiger partial charge in [0, 0.05) is 12.1 Å². The zero-order valence-corrected chi connectivity index (χ0v) is 9.54. The van der Waals surface area contributed by atoms with Gasteiger partial charge in [0.05, 0.1) is 7.11 Å². The van der Waals surface area contributed by atoms with Crippen LogP contribution in [0.1, 0.15) is 33.6 Å². The Balaban J connectivity index is 0.000000791. The number of hydrogen-bond donors (Lipinski definition) is 2. The highest BCUT2D eigenvalue weighted by Crippen LogP contribution is 2.23. The first-order chi connectivity index (χ1) is 6.63. The number of nitrogens with two attached hydrogens (primary N) is 1. The van der Waals surface area contributed by atoms with Gasteiger partial charge in [0.15, 0.2) is 0 Å². The minimum Gasteiger partial charge on any atom is -0.453 e. The van der Waals surface area contributed by atoms with Crippen molar-refractivity contribution in [2.75, 3.05) is 7.11 Å². The van der Waals surface area contributed by atoms with Gasteiger partial charge in [-0.2, -0.15) is 0 Å². The van der Waals surface area contributed by atoms with E-state index in [2.05, 4.69) is 17.0 Å². The van der Waals surface area contributed by atoms with Gasteiger partial charge in [-0.05, 0) is 18.8 Å². The lowest BCUT2D eigenvalue weighted by molar-refractivity contribution is 0.165. The van der Waals surface area contributed by atoms with E-state index in [9.17, 15) is 4.79 Å². The van der Waals surface area contributed by atoms with Crippen LogP contribution in [0.3, 0.4) is 0 Å². The average molecular weight is 202 g/mol. The van der Waals surface area contributed by atoms with E-state index in [1.807, 2.05) is 13.8 Å². The molecule has 0 aromatic carbocycles. The average Bonchev–Trinajstić information content (AvgIpc) is 2.48. The molecule has 0 aliphatic heterocycles. The molecule has 0 saturated heterocycles. The van der Waals surface area contributed by atoms with Gasteiger partial charge in [-0.3, -0.25) is 0 Å². The van der Waals surface area contributed by atoms with E-state index in [0.29, 0.717) is 5.92 Å². The fourth-order valence-corrected chi connectivity index (χ4v) is 1.71. The number of carbonyl (C=O) groups excluding carboxylic acids is 1. The maximum atomic E-state index is 10.8. The van der Waals surface area contributed by atoms with E-state index in [1.165, 1.54) is 7.11 Å². The molecule has 3 atom stereocenters. The molecular formula is C10H22N2O2. The quantitative estimate of drug-likeness (QED) is 0.677. The van der Waals surface area contributed by atoms with Crippen molar-refractivity contribution in [3.05, 3.63) is 0 Å². The van der Waals surface area contributed by atoms with Gasteiger partial charge in [0.1, 0.15) is 0 Å². The molecule has 3 unspecified atom stereocenters. The number of rotatable bonds is 1. The first kappa shape index (κ1) is 13.2. The van der Waals surface area contributed by atoms with Gasteiger partial charge in [0.25, 0.3) is 0 Å². The van der Waals surface area contributed by atoms with Crippen molar-refractivity contribution in [3.63, 3.8) is 0 Å². The monoisotopic (exact) mass is 202 g/mol. The molecule has 0 aromatic heterocycles. The molecule has 1 aliphatic rings. The van der Waals surface area contributed by atoms with Crippen molar-refractivity contribution in [2.24, 2.45) is 11.7 Å². The second-order valence-corrected chi connectivity index (χ2v) is 3.48. The zero-order chi connectivity index (χ0) is 11.1. The lowest BCUT2D eigenvalue weighted by atomic mass is 10.1. The number of methoxy groups -OCH3 is 1. The molecule has 4 nitrogen and oxygen atoms in total. The fourth-order valence-electron chi connectivity index (χ4n) is 1.71. The Morgan fingerprint density at radius 1 is 1.43 bits per heavy atom. The van der Waals surface area contributed by atoms with Crippen LogP contribution >= 0.6 is 0 Å². The molecule has 0 bridgehead atoms. The summed E-state index contributed by atoms with van der Waals surface area (Å²) in [7, 11) is 1.36. The van der Waals surface area contributed by atoms with Crippen LogP contribution < -0.4 is 11.1 Å². The smallest absolute Gasteiger partial charge is 0.407 e. The maximum absolute atomic E-state index is 10.8. The molecule has 0 heterocycles. The molecule has 1 rings (SSSR count). The Labute approximate surface area is 86.2 Å². The summed E-state index contributed by atoms with van der Waals surface area (Å²) < 4.78 is 4.49. The van der Waals surface area contributed by atoms with Crippen molar-refractivity contribution in [1.29, 1.82) is 0 Å². The summed E-state index contributed by atoms with van der Waals surface area (Å²) in [5, 5.41) is 2.72. The maximum Gasteiger partial charge on any atom is 0.407 e. The lowest BCUT2D eigenvalue weighted by Gasteiger charge is -2.15. The molecular weight excluding hydrogens is 180 g/mol. The van der Waals surface area contributed by atoms with Gasteiger partial charge in [-0.1, -0.05) is 20.8 Å². The third-order valence-electron chi connectivity index (χ3n) is 2.34. The predicted molar refractivity (Wildman–Crippen MR) is 57.1 cm³/mol. The highest BCUT2D eigenvalue weighted by atomic mass is 16.5. The van der Waals surface area contributed by atoms with Crippen LogP contribution in [0.15, 0.2) is 0 Å². The number of amides is 1. The Morgan fingerprint density at radius 2 is 2.00 bits per heavy atom. The minimum atomic E-state index is -0.385. The SMILES string of the molecule is CC.COC(=O)NC1CC(C)CC1N. The topological polar surface area (TPSA) is 64.3 Å². The zero-order valence-electron chi connectivity index (χ0n) is 9.54. The van der Waals surface area contributed by atoms with Crippen molar-refractivity contribution in [1.82, 2.24) is 5.32 Å². The van der Waals surface area contributed by atoms with Crippen LogP contribution in [-0.4, -0.2) is 25.3 Å². The van der Waals surface area contributed by atoms with Crippen LogP contribution in [-0.2, 0) is 4.74 Å². The van der Waals surface area contributed by atoms with E-state index < -0.39 is 0 Å². The van der Waals surface area contributed by atoms with Gasteiger partial charge in [0.2, 0.25) is 0 Å².